The van der Waals surface area contributed by atoms with Crippen LogP contribution in [-0.4, -0.2) is 19.2 Å². The maximum Gasteiger partial charge on any atom is 0.344 e. The van der Waals surface area contributed by atoms with Gasteiger partial charge in [0.25, 0.3) is 0 Å². The lowest BCUT2D eigenvalue weighted by Crippen LogP contribution is -2.15. The standard InChI is InChI=1S/C19H19NO4/c1-2-22-18(21)14-24-19-16(11-12-20)9-6-10-17(19)23-13-15-7-4-3-5-8-15/h3-10H,2,11,13-14H2,1H3. The third-order valence-electron chi connectivity index (χ3n) is 3.21. The largest absolute Gasteiger partial charge is 0.485 e. The van der Waals surface area contributed by atoms with Crippen LogP contribution >= 0.6 is 0 Å². The highest BCUT2D eigenvalue weighted by Crippen LogP contribution is 2.32. The first-order valence-electron chi connectivity index (χ1n) is 7.68. The number of nitrogens with zero attached hydrogens (tertiary/aromatic N) is 1. The van der Waals surface area contributed by atoms with Crippen LogP contribution in [0.25, 0.3) is 0 Å². The van der Waals surface area contributed by atoms with Crippen molar-refractivity contribution in [3.63, 3.8) is 0 Å². The van der Waals surface area contributed by atoms with Crippen molar-refractivity contribution >= 4 is 5.97 Å². The van der Waals surface area contributed by atoms with Crippen molar-refractivity contribution in [1.29, 1.82) is 5.26 Å². The Kier molecular flexibility index (Phi) is 6.66. The molecule has 0 aliphatic heterocycles. The minimum absolute atomic E-state index is 0.167. The van der Waals surface area contributed by atoms with Gasteiger partial charge in [-0.1, -0.05) is 42.5 Å². The third kappa shape index (κ3) is 5.03. The lowest BCUT2D eigenvalue weighted by molar-refractivity contribution is -0.145. The van der Waals surface area contributed by atoms with Gasteiger partial charge in [-0.3, -0.25) is 0 Å². The Hall–Kier alpha value is -3.00. The fourth-order valence-corrected chi connectivity index (χ4v) is 2.13. The summed E-state index contributed by atoms with van der Waals surface area (Å²) in [4.78, 5) is 11.5. The van der Waals surface area contributed by atoms with Crippen LogP contribution in [0.4, 0.5) is 0 Å². The SMILES string of the molecule is CCOC(=O)COc1c(CC#N)cccc1OCc1ccccc1. The van der Waals surface area contributed by atoms with E-state index in [9.17, 15) is 4.79 Å². The quantitative estimate of drug-likeness (QED) is 0.697. The van der Waals surface area contributed by atoms with Crippen molar-refractivity contribution < 1.29 is 19.0 Å². The molecule has 0 bridgehead atoms. The fraction of sp³-hybridized carbons (Fsp3) is 0.263. The van der Waals surface area contributed by atoms with Crippen molar-refractivity contribution in [2.45, 2.75) is 20.0 Å². The molecule has 0 aliphatic carbocycles. The molecule has 5 nitrogen and oxygen atoms in total. The summed E-state index contributed by atoms with van der Waals surface area (Å²) in [6.45, 7) is 2.17. The minimum atomic E-state index is -0.460. The summed E-state index contributed by atoms with van der Waals surface area (Å²) in [6.07, 6.45) is 0.167. The summed E-state index contributed by atoms with van der Waals surface area (Å²) in [7, 11) is 0. The molecule has 2 rings (SSSR count). The highest BCUT2D eigenvalue weighted by Gasteiger charge is 2.14. The molecule has 2 aromatic rings. The van der Waals surface area contributed by atoms with Crippen molar-refractivity contribution in [3.05, 3.63) is 59.7 Å². The van der Waals surface area contributed by atoms with Gasteiger partial charge in [0.2, 0.25) is 0 Å². The Morgan fingerprint density at radius 3 is 2.58 bits per heavy atom. The Morgan fingerprint density at radius 1 is 1.08 bits per heavy atom. The lowest BCUT2D eigenvalue weighted by atomic mass is 10.1. The molecular weight excluding hydrogens is 306 g/mol. The molecule has 0 radical (unpaired) electrons. The molecule has 0 atom stereocenters. The van der Waals surface area contributed by atoms with E-state index in [4.69, 9.17) is 19.5 Å². The normalized spacial score (nSPS) is 9.83. The van der Waals surface area contributed by atoms with Crippen LogP contribution in [0.2, 0.25) is 0 Å². The van der Waals surface area contributed by atoms with E-state index in [1.54, 1.807) is 25.1 Å². The van der Waals surface area contributed by atoms with E-state index in [2.05, 4.69) is 6.07 Å². The molecule has 0 heterocycles. The highest BCUT2D eigenvalue weighted by atomic mass is 16.6. The molecule has 0 spiro atoms. The molecule has 2 aromatic carbocycles. The number of benzene rings is 2. The van der Waals surface area contributed by atoms with Crippen LogP contribution in [-0.2, 0) is 22.6 Å². The third-order valence-corrected chi connectivity index (χ3v) is 3.21. The second-order valence-electron chi connectivity index (χ2n) is 4.95. The fourth-order valence-electron chi connectivity index (χ4n) is 2.13. The highest BCUT2D eigenvalue weighted by molar-refractivity contribution is 5.71. The number of rotatable bonds is 8. The predicted octanol–water partition coefficient (Wildman–Crippen LogP) is 3.27. The lowest BCUT2D eigenvalue weighted by Gasteiger charge is -2.15. The van der Waals surface area contributed by atoms with Crippen molar-refractivity contribution in [2.75, 3.05) is 13.2 Å². The zero-order chi connectivity index (χ0) is 17.2. The smallest absolute Gasteiger partial charge is 0.344 e. The molecule has 0 aromatic heterocycles. The first kappa shape index (κ1) is 17.4. The summed E-state index contributed by atoms with van der Waals surface area (Å²) in [6, 6.07) is 17.1. The minimum Gasteiger partial charge on any atom is -0.485 e. The van der Waals surface area contributed by atoms with E-state index in [1.165, 1.54) is 0 Å². The average molecular weight is 325 g/mol. The van der Waals surface area contributed by atoms with Crippen LogP contribution in [0.5, 0.6) is 11.5 Å². The molecule has 24 heavy (non-hydrogen) atoms. The molecule has 0 saturated carbocycles. The number of para-hydroxylation sites is 1. The Morgan fingerprint density at radius 2 is 1.88 bits per heavy atom. The van der Waals surface area contributed by atoms with E-state index < -0.39 is 5.97 Å². The Balaban J connectivity index is 2.14. The molecular formula is C19H19NO4. The van der Waals surface area contributed by atoms with Crippen molar-refractivity contribution in [2.24, 2.45) is 0 Å². The number of carbonyl (C=O) groups excluding carboxylic acids is 1. The van der Waals surface area contributed by atoms with Gasteiger partial charge in [-0.25, -0.2) is 4.79 Å². The van der Waals surface area contributed by atoms with Crippen LogP contribution in [0.15, 0.2) is 48.5 Å². The molecule has 0 amide bonds. The number of hydrogen-bond acceptors (Lipinski definition) is 5. The first-order valence-corrected chi connectivity index (χ1v) is 7.68. The topological polar surface area (TPSA) is 68.5 Å². The van der Waals surface area contributed by atoms with Gasteiger partial charge in [-0.05, 0) is 18.6 Å². The summed E-state index contributed by atoms with van der Waals surface area (Å²) in [5, 5.41) is 8.97. The monoisotopic (exact) mass is 325 g/mol. The van der Waals surface area contributed by atoms with Gasteiger partial charge in [0.1, 0.15) is 6.61 Å². The van der Waals surface area contributed by atoms with E-state index in [0.717, 1.165) is 5.56 Å². The molecule has 0 fully saturated rings. The van der Waals surface area contributed by atoms with Gasteiger partial charge >= 0.3 is 5.97 Å². The van der Waals surface area contributed by atoms with E-state index in [1.807, 2.05) is 30.3 Å². The van der Waals surface area contributed by atoms with E-state index in [0.29, 0.717) is 30.3 Å². The zero-order valence-electron chi connectivity index (χ0n) is 13.5. The van der Waals surface area contributed by atoms with Gasteiger partial charge in [0.05, 0.1) is 19.1 Å². The maximum absolute atomic E-state index is 11.5. The van der Waals surface area contributed by atoms with Crippen LogP contribution in [0, 0.1) is 11.3 Å². The van der Waals surface area contributed by atoms with Crippen molar-refractivity contribution in [1.82, 2.24) is 0 Å². The summed E-state index contributed by atoms with van der Waals surface area (Å²) < 4.78 is 16.3. The molecule has 0 unspecified atom stereocenters. The molecule has 0 saturated heterocycles. The first-order chi connectivity index (χ1) is 11.7. The summed E-state index contributed by atoms with van der Waals surface area (Å²) >= 11 is 0. The van der Waals surface area contributed by atoms with E-state index >= 15 is 0 Å². The molecule has 0 aliphatic rings. The number of hydrogen-bond donors (Lipinski definition) is 0. The van der Waals surface area contributed by atoms with Crippen molar-refractivity contribution in [3.8, 4) is 17.6 Å². The van der Waals surface area contributed by atoms with Gasteiger partial charge in [0.15, 0.2) is 18.1 Å². The summed E-state index contributed by atoms with van der Waals surface area (Å²) in [5.74, 6) is 0.442. The van der Waals surface area contributed by atoms with Gasteiger partial charge in [-0.15, -0.1) is 0 Å². The number of carbonyl (C=O) groups is 1. The van der Waals surface area contributed by atoms with Gasteiger partial charge < -0.3 is 14.2 Å². The zero-order valence-corrected chi connectivity index (χ0v) is 13.5. The number of nitriles is 1. The molecule has 0 N–H and O–H groups in total. The average Bonchev–Trinajstić information content (AvgIpc) is 2.60. The Labute approximate surface area is 141 Å². The second kappa shape index (κ2) is 9.21. The number of esters is 1. The summed E-state index contributed by atoms with van der Waals surface area (Å²) in [5.41, 5.74) is 1.69. The number of ether oxygens (including phenoxy) is 3. The van der Waals surface area contributed by atoms with Crippen LogP contribution in [0.1, 0.15) is 18.1 Å². The molecule has 5 heteroatoms. The van der Waals surface area contributed by atoms with Gasteiger partial charge in [0, 0.05) is 5.56 Å². The maximum atomic E-state index is 11.5. The predicted molar refractivity (Wildman–Crippen MR) is 88.7 cm³/mol. The van der Waals surface area contributed by atoms with Crippen LogP contribution < -0.4 is 9.47 Å². The molecule has 124 valence electrons. The van der Waals surface area contributed by atoms with E-state index in [-0.39, 0.29) is 13.0 Å². The Bertz CT molecular complexity index is 707. The second-order valence-corrected chi connectivity index (χ2v) is 4.95. The van der Waals surface area contributed by atoms with Gasteiger partial charge in [-0.2, -0.15) is 5.26 Å². The van der Waals surface area contributed by atoms with Crippen LogP contribution in [0.3, 0.4) is 0 Å².